The Hall–Kier alpha value is -1.54. The smallest absolute Gasteiger partial charge is 0.0505 e. The van der Waals surface area contributed by atoms with Crippen LogP contribution >= 0.6 is 0 Å². The first-order valence-corrected chi connectivity index (χ1v) is 4.17. The summed E-state index contributed by atoms with van der Waals surface area (Å²) in [5.74, 6) is 0. The van der Waals surface area contributed by atoms with E-state index in [1.54, 1.807) is 12.4 Å². The highest BCUT2D eigenvalue weighted by atomic mass is 16.3. The lowest BCUT2D eigenvalue weighted by Crippen LogP contribution is -1.97. The van der Waals surface area contributed by atoms with Gasteiger partial charge >= 0.3 is 0 Å². The van der Waals surface area contributed by atoms with Gasteiger partial charge in [-0.05, 0) is 17.7 Å². The van der Waals surface area contributed by atoms with Crippen LogP contribution in [0.3, 0.4) is 0 Å². The van der Waals surface area contributed by atoms with Crippen molar-refractivity contribution in [3.63, 3.8) is 0 Å². The van der Waals surface area contributed by atoms with Gasteiger partial charge < -0.3 is 5.11 Å². The molecule has 66 valence electrons. The van der Waals surface area contributed by atoms with Crippen molar-refractivity contribution in [1.82, 2.24) is 4.98 Å². The summed E-state index contributed by atoms with van der Waals surface area (Å²) in [6.07, 6.45) is 2.83. The second-order valence-corrected chi connectivity index (χ2v) is 2.90. The van der Waals surface area contributed by atoms with E-state index in [4.69, 9.17) is 0 Å². The standard InChI is InChI=1S/C11H10NO/c13-11(9-3-1-2-4-9)10-5-7-12-8-6-10/h1-8,11,13H/q-1. The van der Waals surface area contributed by atoms with Gasteiger partial charge in [-0.15, -0.1) is 0 Å². The third-order valence-electron chi connectivity index (χ3n) is 2.03. The van der Waals surface area contributed by atoms with Crippen LogP contribution < -0.4 is 0 Å². The Morgan fingerprint density at radius 2 is 1.92 bits per heavy atom. The number of pyridine rings is 1. The van der Waals surface area contributed by atoms with Gasteiger partial charge in [-0.25, -0.2) is 6.07 Å². The first-order valence-electron chi connectivity index (χ1n) is 4.17. The van der Waals surface area contributed by atoms with Crippen molar-refractivity contribution < 1.29 is 5.11 Å². The van der Waals surface area contributed by atoms with Crippen molar-refractivity contribution in [3.05, 3.63) is 59.9 Å². The average molecular weight is 172 g/mol. The van der Waals surface area contributed by atoms with Crippen molar-refractivity contribution in [3.8, 4) is 0 Å². The van der Waals surface area contributed by atoms with Gasteiger partial charge in [0.1, 0.15) is 0 Å². The van der Waals surface area contributed by atoms with Crippen LogP contribution in [0.2, 0.25) is 0 Å². The summed E-state index contributed by atoms with van der Waals surface area (Å²) in [6.45, 7) is 0. The average Bonchev–Trinajstić information content (AvgIpc) is 2.71. The third kappa shape index (κ3) is 1.63. The van der Waals surface area contributed by atoms with Gasteiger partial charge in [-0.3, -0.25) is 4.98 Å². The molecule has 1 heterocycles. The van der Waals surface area contributed by atoms with Crippen molar-refractivity contribution in [2.75, 3.05) is 0 Å². The molecule has 13 heavy (non-hydrogen) atoms. The van der Waals surface area contributed by atoms with Gasteiger partial charge in [-0.1, -0.05) is 0 Å². The van der Waals surface area contributed by atoms with Gasteiger partial charge in [0.15, 0.2) is 0 Å². The molecule has 1 atom stereocenters. The fourth-order valence-corrected chi connectivity index (χ4v) is 1.31. The lowest BCUT2D eigenvalue weighted by atomic mass is 10.1. The van der Waals surface area contributed by atoms with Gasteiger partial charge in [0.25, 0.3) is 0 Å². The zero-order valence-electron chi connectivity index (χ0n) is 7.09. The molecule has 2 heteroatoms. The fourth-order valence-electron chi connectivity index (χ4n) is 1.31. The highest BCUT2D eigenvalue weighted by Gasteiger charge is 2.02. The minimum Gasteiger partial charge on any atom is -0.397 e. The van der Waals surface area contributed by atoms with Gasteiger partial charge in [0.05, 0.1) is 6.10 Å². The highest BCUT2D eigenvalue weighted by molar-refractivity contribution is 5.28. The van der Waals surface area contributed by atoms with E-state index in [2.05, 4.69) is 4.98 Å². The molecule has 1 aromatic carbocycles. The number of aliphatic hydroxyl groups excluding tert-OH is 1. The molecule has 0 fully saturated rings. The molecular weight excluding hydrogens is 162 g/mol. The maximum atomic E-state index is 9.85. The topological polar surface area (TPSA) is 33.1 Å². The monoisotopic (exact) mass is 172 g/mol. The molecule has 0 bridgehead atoms. The Balaban J connectivity index is 2.29. The molecule has 0 radical (unpaired) electrons. The number of hydrogen-bond donors (Lipinski definition) is 1. The second kappa shape index (κ2) is 3.46. The van der Waals surface area contributed by atoms with E-state index in [9.17, 15) is 5.11 Å². The summed E-state index contributed by atoms with van der Waals surface area (Å²) < 4.78 is 0. The maximum absolute atomic E-state index is 9.85. The Morgan fingerprint density at radius 1 is 1.15 bits per heavy atom. The molecule has 0 saturated heterocycles. The Morgan fingerprint density at radius 3 is 2.54 bits per heavy atom. The molecule has 0 aliphatic heterocycles. The van der Waals surface area contributed by atoms with Crippen molar-refractivity contribution in [2.24, 2.45) is 0 Å². The van der Waals surface area contributed by atoms with Crippen molar-refractivity contribution in [1.29, 1.82) is 0 Å². The molecule has 2 rings (SSSR count). The van der Waals surface area contributed by atoms with Crippen LogP contribution in [-0.4, -0.2) is 10.1 Å². The molecule has 1 aromatic heterocycles. The lowest BCUT2D eigenvalue weighted by Gasteiger charge is -2.14. The largest absolute Gasteiger partial charge is 0.397 e. The van der Waals surface area contributed by atoms with Crippen LogP contribution in [0.1, 0.15) is 17.2 Å². The molecule has 1 N–H and O–H groups in total. The van der Waals surface area contributed by atoms with E-state index >= 15 is 0 Å². The van der Waals surface area contributed by atoms with E-state index in [1.165, 1.54) is 0 Å². The number of aliphatic hydroxyl groups is 1. The summed E-state index contributed by atoms with van der Waals surface area (Å²) in [5, 5.41) is 9.85. The highest BCUT2D eigenvalue weighted by Crippen LogP contribution is 2.20. The molecule has 0 aliphatic carbocycles. The first kappa shape index (κ1) is 8.08. The number of hydrogen-bond acceptors (Lipinski definition) is 2. The fraction of sp³-hybridized carbons (Fsp3) is 0.0909. The predicted octanol–water partition coefficient (Wildman–Crippen LogP) is 1.88. The second-order valence-electron chi connectivity index (χ2n) is 2.90. The number of rotatable bonds is 2. The van der Waals surface area contributed by atoms with Gasteiger partial charge in [0, 0.05) is 12.4 Å². The van der Waals surface area contributed by atoms with Crippen LogP contribution in [0, 0.1) is 0 Å². The number of nitrogens with zero attached hydrogens (tertiary/aromatic N) is 1. The molecule has 2 nitrogen and oxygen atoms in total. The Kier molecular flexibility index (Phi) is 2.15. The molecule has 2 aromatic rings. The normalized spacial score (nSPS) is 12.7. The van der Waals surface area contributed by atoms with Crippen molar-refractivity contribution in [2.45, 2.75) is 6.10 Å². The van der Waals surface area contributed by atoms with E-state index in [1.807, 2.05) is 36.4 Å². The SMILES string of the molecule is OC(c1ccncc1)c1cc[cH-]c1. The van der Waals surface area contributed by atoms with E-state index in [-0.39, 0.29) is 0 Å². The van der Waals surface area contributed by atoms with Crippen LogP contribution in [0.15, 0.2) is 48.8 Å². The zero-order valence-corrected chi connectivity index (χ0v) is 7.09. The minimum absolute atomic E-state index is 0.530. The van der Waals surface area contributed by atoms with Crippen LogP contribution in [0.4, 0.5) is 0 Å². The van der Waals surface area contributed by atoms with Crippen molar-refractivity contribution >= 4 is 0 Å². The Labute approximate surface area is 76.9 Å². The molecule has 1 unspecified atom stereocenters. The lowest BCUT2D eigenvalue weighted by molar-refractivity contribution is 0.220. The van der Waals surface area contributed by atoms with Crippen LogP contribution in [0.25, 0.3) is 0 Å². The molecule has 0 aliphatic rings. The van der Waals surface area contributed by atoms with Crippen LogP contribution in [-0.2, 0) is 0 Å². The third-order valence-corrected chi connectivity index (χ3v) is 2.03. The summed E-state index contributed by atoms with van der Waals surface area (Å²) >= 11 is 0. The molecule has 0 spiro atoms. The number of aromatic nitrogens is 1. The van der Waals surface area contributed by atoms with E-state index < -0.39 is 6.10 Å². The quantitative estimate of drug-likeness (QED) is 0.701. The molecular formula is C11H10NO-. The van der Waals surface area contributed by atoms with Gasteiger partial charge in [0.2, 0.25) is 0 Å². The summed E-state index contributed by atoms with van der Waals surface area (Å²) in [7, 11) is 0. The summed E-state index contributed by atoms with van der Waals surface area (Å²) in [6, 6.07) is 11.3. The zero-order chi connectivity index (χ0) is 9.10. The molecule has 0 saturated carbocycles. The van der Waals surface area contributed by atoms with Crippen LogP contribution in [0.5, 0.6) is 0 Å². The molecule has 0 amide bonds. The summed E-state index contributed by atoms with van der Waals surface area (Å²) in [5.41, 5.74) is 1.80. The Bertz CT molecular complexity index is 353. The predicted molar refractivity (Wildman–Crippen MR) is 50.3 cm³/mol. The first-order chi connectivity index (χ1) is 6.38. The van der Waals surface area contributed by atoms with E-state index in [0.717, 1.165) is 11.1 Å². The maximum Gasteiger partial charge on any atom is 0.0505 e. The van der Waals surface area contributed by atoms with Gasteiger partial charge in [-0.2, -0.15) is 23.8 Å². The summed E-state index contributed by atoms with van der Waals surface area (Å²) in [4.78, 5) is 3.90. The minimum atomic E-state index is -0.530. The van der Waals surface area contributed by atoms with E-state index in [0.29, 0.717) is 0 Å².